The van der Waals surface area contributed by atoms with Crippen LogP contribution in [0.1, 0.15) is 23.3 Å². The van der Waals surface area contributed by atoms with Crippen molar-refractivity contribution in [3.8, 4) is 0 Å². The van der Waals surface area contributed by atoms with Gasteiger partial charge in [-0.15, -0.1) is 11.3 Å². The lowest BCUT2D eigenvalue weighted by atomic mass is 9.97. The van der Waals surface area contributed by atoms with Crippen LogP contribution < -0.4 is 5.32 Å². The van der Waals surface area contributed by atoms with Gasteiger partial charge in [-0.2, -0.15) is 0 Å². The number of rotatable bonds is 4. The minimum atomic E-state index is 0.337. The molecule has 2 aromatic rings. The van der Waals surface area contributed by atoms with E-state index in [4.69, 9.17) is 11.6 Å². The first-order chi connectivity index (χ1) is 9.65. The molecule has 20 heavy (non-hydrogen) atoms. The molecule has 0 radical (unpaired) electrons. The van der Waals surface area contributed by atoms with Gasteiger partial charge < -0.3 is 10.2 Å². The largest absolute Gasteiger partial charge is 0.368 e. The minimum Gasteiger partial charge on any atom is -0.368 e. The number of hydrogen-bond acceptors (Lipinski definition) is 5. The Morgan fingerprint density at radius 3 is 2.85 bits per heavy atom. The van der Waals surface area contributed by atoms with Gasteiger partial charge in [-0.05, 0) is 56.9 Å². The second kappa shape index (κ2) is 5.84. The van der Waals surface area contributed by atoms with E-state index in [1.807, 2.05) is 0 Å². The zero-order valence-corrected chi connectivity index (χ0v) is 13.4. The van der Waals surface area contributed by atoms with Gasteiger partial charge in [0, 0.05) is 18.0 Å². The van der Waals surface area contributed by atoms with E-state index in [9.17, 15) is 0 Å². The molecule has 0 spiro atoms. The summed E-state index contributed by atoms with van der Waals surface area (Å²) >= 11 is 7.84. The van der Waals surface area contributed by atoms with Crippen molar-refractivity contribution in [2.75, 3.05) is 32.5 Å². The molecule has 3 rings (SSSR count). The number of nitrogens with one attached hydrogen (secondary N) is 1. The highest BCUT2D eigenvalue weighted by Crippen LogP contribution is 2.38. The normalized spacial score (nSPS) is 14.8. The molecule has 1 aliphatic rings. The lowest BCUT2D eigenvalue weighted by molar-refractivity contribution is 0.425. The second-order valence-corrected chi connectivity index (χ2v) is 6.88. The molecule has 0 bridgehead atoms. The molecule has 0 aromatic carbocycles. The number of anilines is 1. The van der Waals surface area contributed by atoms with Crippen LogP contribution in [0.2, 0.25) is 5.28 Å². The number of likely N-dealkylation sites (N-methyl/N-ethyl adjacent to an activating group) is 1. The molecule has 0 saturated carbocycles. The topological polar surface area (TPSA) is 41.0 Å². The molecular weight excluding hydrogens is 292 g/mol. The molecular formula is C14H19ClN4S. The maximum atomic E-state index is 6.06. The van der Waals surface area contributed by atoms with E-state index in [0.717, 1.165) is 30.2 Å². The van der Waals surface area contributed by atoms with Crippen molar-refractivity contribution >= 4 is 39.0 Å². The molecule has 6 heteroatoms. The number of aromatic nitrogens is 2. The van der Waals surface area contributed by atoms with Crippen molar-refractivity contribution in [3.63, 3.8) is 0 Å². The Labute approximate surface area is 128 Å². The molecule has 0 saturated heterocycles. The van der Waals surface area contributed by atoms with E-state index >= 15 is 0 Å². The van der Waals surface area contributed by atoms with Gasteiger partial charge in [0.15, 0.2) is 0 Å². The molecule has 1 N–H and O–H groups in total. The van der Waals surface area contributed by atoms with Crippen LogP contribution in [-0.4, -0.2) is 42.1 Å². The van der Waals surface area contributed by atoms with Crippen LogP contribution in [0.25, 0.3) is 10.2 Å². The van der Waals surface area contributed by atoms with Crippen molar-refractivity contribution < 1.29 is 0 Å². The number of aryl methyl sites for hydroxylation is 2. The third-order valence-electron chi connectivity index (χ3n) is 3.64. The highest BCUT2D eigenvalue weighted by molar-refractivity contribution is 7.19. The molecule has 0 aliphatic heterocycles. The van der Waals surface area contributed by atoms with Crippen LogP contribution in [0.5, 0.6) is 0 Å². The van der Waals surface area contributed by atoms with Crippen molar-refractivity contribution in [2.24, 2.45) is 0 Å². The predicted molar refractivity (Wildman–Crippen MR) is 86.1 cm³/mol. The van der Waals surface area contributed by atoms with E-state index < -0.39 is 0 Å². The Kier molecular flexibility index (Phi) is 4.10. The van der Waals surface area contributed by atoms with Gasteiger partial charge in [0.1, 0.15) is 10.6 Å². The summed E-state index contributed by atoms with van der Waals surface area (Å²) in [7, 11) is 4.13. The van der Waals surface area contributed by atoms with Crippen LogP contribution in [0.4, 0.5) is 5.82 Å². The fourth-order valence-corrected chi connectivity index (χ4v) is 4.14. The Morgan fingerprint density at radius 2 is 2.05 bits per heavy atom. The standard InChI is InChI=1S/C14H19ClN4S/c1-19(2)8-7-16-12-11-9-5-3-4-6-10(9)20-13(11)18-14(15)17-12/h3-8H2,1-2H3,(H,16,17,18). The molecule has 1 aliphatic carbocycles. The summed E-state index contributed by atoms with van der Waals surface area (Å²) in [6.07, 6.45) is 4.86. The fraction of sp³-hybridized carbons (Fsp3) is 0.571. The Bertz CT molecular complexity index is 623. The van der Waals surface area contributed by atoms with Crippen molar-refractivity contribution in [2.45, 2.75) is 25.7 Å². The molecule has 0 atom stereocenters. The average molecular weight is 311 g/mol. The van der Waals surface area contributed by atoms with Gasteiger partial charge >= 0.3 is 0 Å². The number of thiophene rings is 1. The smallest absolute Gasteiger partial charge is 0.225 e. The highest BCUT2D eigenvalue weighted by Gasteiger charge is 2.20. The van der Waals surface area contributed by atoms with E-state index in [2.05, 4.69) is 34.3 Å². The number of halogens is 1. The number of fused-ring (bicyclic) bond motifs is 3. The first-order valence-electron chi connectivity index (χ1n) is 7.01. The van der Waals surface area contributed by atoms with Crippen LogP contribution in [-0.2, 0) is 12.8 Å². The van der Waals surface area contributed by atoms with Crippen LogP contribution in [0, 0.1) is 0 Å². The van der Waals surface area contributed by atoms with Gasteiger partial charge in [0.25, 0.3) is 0 Å². The fourth-order valence-electron chi connectivity index (χ4n) is 2.66. The van der Waals surface area contributed by atoms with Crippen molar-refractivity contribution in [1.82, 2.24) is 14.9 Å². The molecule has 0 fully saturated rings. The summed E-state index contributed by atoms with van der Waals surface area (Å²) in [5.41, 5.74) is 1.44. The van der Waals surface area contributed by atoms with Gasteiger partial charge in [0.2, 0.25) is 5.28 Å². The summed E-state index contributed by atoms with van der Waals surface area (Å²) in [6.45, 7) is 1.83. The summed E-state index contributed by atoms with van der Waals surface area (Å²) < 4.78 is 0. The third kappa shape index (κ3) is 2.75. The average Bonchev–Trinajstić information content (AvgIpc) is 2.75. The number of nitrogens with zero attached hydrogens (tertiary/aromatic N) is 3. The molecule has 2 heterocycles. The third-order valence-corrected chi connectivity index (χ3v) is 4.99. The molecule has 2 aromatic heterocycles. The predicted octanol–water partition coefficient (Wildman–Crippen LogP) is 3.20. The lowest BCUT2D eigenvalue weighted by Gasteiger charge is -2.14. The summed E-state index contributed by atoms with van der Waals surface area (Å²) in [4.78, 5) is 13.5. The Balaban J connectivity index is 1.98. The maximum Gasteiger partial charge on any atom is 0.225 e. The Morgan fingerprint density at radius 1 is 1.25 bits per heavy atom. The highest BCUT2D eigenvalue weighted by atomic mass is 35.5. The summed E-state index contributed by atoms with van der Waals surface area (Å²) in [5, 5.41) is 4.96. The minimum absolute atomic E-state index is 0.337. The van der Waals surface area contributed by atoms with E-state index in [1.54, 1.807) is 11.3 Å². The maximum absolute atomic E-state index is 6.06. The zero-order valence-electron chi connectivity index (χ0n) is 11.9. The lowest BCUT2D eigenvalue weighted by Crippen LogP contribution is -2.21. The van der Waals surface area contributed by atoms with Crippen molar-refractivity contribution in [1.29, 1.82) is 0 Å². The van der Waals surface area contributed by atoms with E-state index in [0.29, 0.717) is 5.28 Å². The van der Waals surface area contributed by atoms with Crippen LogP contribution in [0.3, 0.4) is 0 Å². The molecule has 108 valence electrons. The van der Waals surface area contributed by atoms with Gasteiger partial charge in [-0.25, -0.2) is 9.97 Å². The molecule has 0 amide bonds. The van der Waals surface area contributed by atoms with Gasteiger partial charge in [-0.1, -0.05) is 0 Å². The molecule has 0 unspecified atom stereocenters. The van der Waals surface area contributed by atoms with Gasteiger partial charge in [-0.3, -0.25) is 0 Å². The zero-order chi connectivity index (χ0) is 14.1. The second-order valence-electron chi connectivity index (χ2n) is 5.46. The van der Waals surface area contributed by atoms with Crippen LogP contribution >= 0.6 is 22.9 Å². The quantitative estimate of drug-likeness (QED) is 0.881. The SMILES string of the molecule is CN(C)CCNc1nc(Cl)nc2sc3c(c12)CCCC3. The van der Waals surface area contributed by atoms with Crippen molar-refractivity contribution in [3.05, 3.63) is 15.7 Å². The number of hydrogen-bond donors (Lipinski definition) is 1. The molecule has 4 nitrogen and oxygen atoms in total. The summed E-state index contributed by atoms with van der Waals surface area (Å²) in [6, 6.07) is 0. The van der Waals surface area contributed by atoms with Gasteiger partial charge in [0.05, 0.1) is 5.39 Å². The van der Waals surface area contributed by atoms with E-state index in [-0.39, 0.29) is 0 Å². The monoisotopic (exact) mass is 310 g/mol. The van der Waals surface area contributed by atoms with Crippen LogP contribution in [0.15, 0.2) is 0 Å². The first kappa shape index (κ1) is 14.0. The first-order valence-corrected chi connectivity index (χ1v) is 8.21. The summed E-state index contributed by atoms with van der Waals surface area (Å²) in [5.74, 6) is 0.904. The van der Waals surface area contributed by atoms with E-state index in [1.165, 1.54) is 35.1 Å². The Hall–Kier alpha value is -0.910.